The van der Waals surface area contributed by atoms with Crippen molar-refractivity contribution < 1.29 is 4.57 Å². The van der Waals surface area contributed by atoms with Gasteiger partial charge in [-0.1, -0.05) is 62.0 Å². The maximum atomic E-state index is 14.3. The van der Waals surface area contributed by atoms with Gasteiger partial charge in [0.15, 0.2) is 0 Å². The van der Waals surface area contributed by atoms with E-state index in [9.17, 15) is 4.57 Å². The lowest BCUT2D eigenvalue weighted by Gasteiger charge is -2.24. The second kappa shape index (κ2) is 8.42. The molecule has 5 heteroatoms. The topological polar surface area (TPSA) is 29.1 Å². The first-order chi connectivity index (χ1) is 12.9. The van der Waals surface area contributed by atoms with Crippen molar-refractivity contribution in [3.8, 4) is 11.5 Å². The van der Waals surface area contributed by atoms with Crippen molar-refractivity contribution in [1.29, 1.82) is 0 Å². The monoisotopic (exact) mass is 409 g/mol. The molecule has 0 amide bonds. The molecule has 2 aromatic carbocycles. The Kier molecular flexibility index (Phi) is 6.19. The van der Waals surface area contributed by atoms with Crippen LogP contribution in [-0.2, 0) is 4.57 Å². The summed E-state index contributed by atoms with van der Waals surface area (Å²) in [6, 6.07) is 21.1. The Morgan fingerprint density at radius 2 is 1.48 bits per heavy atom. The fourth-order valence-corrected chi connectivity index (χ4v) is 6.29. The molecule has 0 aliphatic rings. The molecular weight excluding hydrogens is 385 g/mol. The Morgan fingerprint density at radius 1 is 0.926 bits per heavy atom. The van der Waals surface area contributed by atoms with E-state index in [-0.39, 0.29) is 6.04 Å². The van der Waals surface area contributed by atoms with E-state index < -0.39 is 15.4 Å². The molecule has 0 saturated carbocycles. The zero-order chi connectivity index (χ0) is 19.3. The van der Waals surface area contributed by atoms with Crippen LogP contribution in [0, 0.1) is 11.5 Å². The fourth-order valence-electron chi connectivity index (χ4n) is 2.67. The van der Waals surface area contributed by atoms with Gasteiger partial charge in [0.05, 0.1) is 0 Å². The molecule has 1 atom stereocenters. The summed E-state index contributed by atoms with van der Waals surface area (Å²) in [6.45, 7) is 6.66. The van der Waals surface area contributed by atoms with Crippen LogP contribution < -0.4 is 15.7 Å². The molecule has 138 valence electrons. The normalized spacial score (nSPS) is 12.9. The van der Waals surface area contributed by atoms with Gasteiger partial charge in [-0.15, -0.1) is 5.54 Å². The molecule has 2 nitrogen and oxygen atoms in total. The summed E-state index contributed by atoms with van der Waals surface area (Å²) < 4.78 is 14.3. The highest BCUT2D eigenvalue weighted by Gasteiger charge is 2.30. The highest BCUT2D eigenvalue weighted by molar-refractivity contribution is 7.76. The smallest absolute Gasteiger partial charge is 0.205 e. The molecule has 1 N–H and O–H groups in total. The molecule has 0 fully saturated rings. The Hall–Kier alpha value is -1.89. The van der Waals surface area contributed by atoms with E-state index in [2.05, 4.69) is 47.6 Å². The number of hydrogen-bond acceptors (Lipinski definition) is 2. The molecule has 3 aromatic rings. The first kappa shape index (κ1) is 19.9. The zero-order valence-corrected chi connectivity index (χ0v) is 18.6. The second-order valence-electron chi connectivity index (χ2n) is 7.42. The lowest BCUT2D eigenvalue weighted by molar-refractivity contribution is 0.574. The molecule has 1 aromatic heterocycles. The summed E-state index contributed by atoms with van der Waals surface area (Å²) in [7, 11) is -4.59. The van der Waals surface area contributed by atoms with Crippen molar-refractivity contribution in [3.05, 3.63) is 83.1 Å². The first-order valence-electron chi connectivity index (χ1n) is 8.92. The molecule has 0 aliphatic heterocycles. The minimum atomic E-state index is -3.04. The number of thiophene rings is 1. The summed E-state index contributed by atoms with van der Waals surface area (Å²) in [5, 5.41) is 9.16. The maximum Gasteiger partial charge on any atom is 0.205 e. The van der Waals surface area contributed by atoms with Crippen LogP contribution >= 0.6 is 18.6 Å². The predicted octanol–water partition coefficient (Wildman–Crippen LogP) is 5.19. The van der Waals surface area contributed by atoms with Crippen LogP contribution in [0.1, 0.15) is 11.6 Å². The number of rotatable bonds is 5. The van der Waals surface area contributed by atoms with Gasteiger partial charge in [-0.25, -0.2) is 5.09 Å². The van der Waals surface area contributed by atoms with Crippen molar-refractivity contribution in [2.24, 2.45) is 0 Å². The number of benzene rings is 2. The third kappa shape index (κ3) is 5.09. The third-order valence-electron chi connectivity index (χ3n) is 4.02. The molecule has 27 heavy (non-hydrogen) atoms. The molecule has 0 aliphatic carbocycles. The maximum absolute atomic E-state index is 14.3. The third-order valence-corrected chi connectivity index (χ3v) is 8.29. The van der Waals surface area contributed by atoms with Crippen molar-refractivity contribution in [2.45, 2.75) is 25.7 Å². The van der Waals surface area contributed by atoms with Gasteiger partial charge in [-0.2, -0.15) is 11.3 Å². The van der Waals surface area contributed by atoms with Gasteiger partial charge < -0.3 is 0 Å². The Labute approximate surface area is 167 Å². The predicted molar refractivity (Wildman–Crippen MR) is 121 cm³/mol. The van der Waals surface area contributed by atoms with Gasteiger partial charge in [0.25, 0.3) is 0 Å². The molecule has 0 unspecified atom stereocenters. The summed E-state index contributed by atoms with van der Waals surface area (Å²) in [5.41, 5.74) is 4.51. The first-order valence-corrected chi connectivity index (χ1v) is 15.1. The van der Waals surface area contributed by atoms with E-state index in [1.54, 1.807) is 11.3 Å². The van der Waals surface area contributed by atoms with Crippen molar-refractivity contribution in [2.75, 3.05) is 0 Å². The molecule has 3 rings (SSSR count). The van der Waals surface area contributed by atoms with Gasteiger partial charge >= 0.3 is 0 Å². The average molecular weight is 410 g/mol. The van der Waals surface area contributed by atoms with Crippen LogP contribution in [0.5, 0.6) is 0 Å². The van der Waals surface area contributed by atoms with Gasteiger partial charge in [0.1, 0.15) is 14.1 Å². The summed E-state index contributed by atoms with van der Waals surface area (Å²) in [4.78, 5) is 0. The van der Waals surface area contributed by atoms with E-state index in [1.807, 2.05) is 66.0 Å². The molecule has 0 radical (unpaired) electrons. The van der Waals surface area contributed by atoms with Gasteiger partial charge in [-0.05, 0) is 46.7 Å². The standard InChI is InChI=1S/C22H24NOPSSi/c1-27(2,3)17-15-22(19-14-16-26-18-19)23-25(24,20-10-6-4-7-11-20)21-12-8-5-9-13-21/h4-14,16,18,22H,1-3H3,(H,23,24)/t22-/m1/s1. The Bertz CT molecular complexity index is 926. The summed E-state index contributed by atoms with van der Waals surface area (Å²) in [5.74, 6) is 3.39. The largest absolute Gasteiger partial charge is 0.296 e. The lowest BCUT2D eigenvalue weighted by atomic mass is 10.2. The van der Waals surface area contributed by atoms with Crippen LogP contribution in [0.3, 0.4) is 0 Å². The molecule has 0 spiro atoms. The van der Waals surface area contributed by atoms with E-state index in [0.29, 0.717) is 0 Å². The zero-order valence-electron chi connectivity index (χ0n) is 15.8. The van der Waals surface area contributed by atoms with Gasteiger partial charge in [0, 0.05) is 10.6 Å². The lowest BCUT2D eigenvalue weighted by Crippen LogP contribution is -2.30. The summed E-state index contributed by atoms with van der Waals surface area (Å²) >= 11 is 1.63. The van der Waals surface area contributed by atoms with Crippen LogP contribution in [0.15, 0.2) is 77.5 Å². The van der Waals surface area contributed by atoms with Crippen molar-refractivity contribution >= 4 is 37.3 Å². The second-order valence-corrected chi connectivity index (χ2v) is 15.5. The minimum Gasteiger partial charge on any atom is -0.296 e. The van der Waals surface area contributed by atoms with Crippen molar-refractivity contribution in [1.82, 2.24) is 5.09 Å². The van der Waals surface area contributed by atoms with Crippen LogP contribution in [0.2, 0.25) is 19.6 Å². The van der Waals surface area contributed by atoms with Crippen LogP contribution in [0.25, 0.3) is 0 Å². The number of nitrogens with one attached hydrogen (secondary N) is 1. The van der Waals surface area contributed by atoms with E-state index in [4.69, 9.17) is 0 Å². The molecule has 1 heterocycles. The van der Waals surface area contributed by atoms with E-state index in [1.165, 1.54) is 0 Å². The average Bonchev–Trinajstić information content (AvgIpc) is 3.20. The molecular formula is C22H24NOPSSi. The molecule has 0 saturated heterocycles. The molecule has 0 bridgehead atoms. The quantitative estimate of drug-likeness (QED) is 0.357. The fraction of sp³-hybridized carbons (Fsp3) is 0.182. The minimum absolute atomic E-state index is 0.269. The highest BCUT2D eigenvalue weighted by Crippen LogP contribution is 2.41. The van der Waals surface area contributed by atoms with Crippen molar-refractivity contribution in [3.63, 3.8) is 0 Å². The number of hydrogen-bond donors (Lipinski definition) is 1. The van der Waals surface area contributed by atoms with E-state index in [0.717, 1.165) is 16.2 Å². The van der Waals surface area contributed by atoms with Crippen LogP contribution in [0.4, 0.5) is 0 Å². The highest BCUT2D eigenvalue weighted by atomic mass is 32.1. The Balaban J connectivity index is 2.09. The van der Waals surface area contributed by atoms with Crippen LogP contribution in [-0.4, -0.2) is 8.07 Å². The Morgan fingerprint density at radius 3 is 1.93 bits per heavy atom. The van der Waals surface area contributed by atoms with Gasteiger partial charge in [-0.3, -0.25) is 4.57 Å². The van der Waals surface area contributed by atoms with Gasteiger partial charge in [0.2, 0.25) is 7.29 Å². The SMILES string of the molecule is C[Si](C)(C)C#C[C@@H](NP(=O)(c1ccccc1)c1ccccc1)c1ccsc1. The summed E-state index contributed by atoms with van der Waals surface area (Å²) in [6.07, 6.45) is 0. The van der Waals surface area contributed by atoms with E-state index >= 15 is 0 Å².